The summed E-state index contributed by atoms with van der Waals surface area (Å²) in [5.41, 5.74) is 0.361. The van der Waals surface area contributed by atoms with E-state index in [1.807, 2.05) is 0 Å². The molecule has 1 aromatic rings. The Balaban J connectivity index is 2.94. The van der Waals surface area contributed by atoms with Gasteiger partial charge in [-0.2, -0.15) is 13.2 Å². The number of halogens is 5. The molecule has 0 fully saturated rings. The zero-order valence-corrected chi connectivity index (χ0v) is 9.24. The molecular formula is C11H11F5O. The molecule has 0 spiro atoms. The van der Waals surface area contributed by atoms with E-state index < -0.39 is 30.2 Å². The minimum atomic E-state index is -4.63. The van der Waals surface area contributed by atoms with Gasteiger partial charge in [0.2, 0.25) is 0 Å². The molecule has 1 aromatic carbocycles. The van der Waals surface area contributed by atoms with Crippen LogP contribution in [0.2, 0.25) is 0 Å². The van der Waals surface area contributed by atoms with Crippen LogP contribution in [0.3, 0.4) is 0 Å². The van der Waals surface area contributed by atoms with E-state index in [0.717, 1.165) is 12.1 Å². The molecule has 0 aromatic heterocycles. The Morgan fingerprint density at radius 3 is 1.94 bits per heavy atom. The number of benzene rings is 1. The van der Waals surface area contributed by atoms with Crippen LogP contribution in [0.4, 0.5) is 22.0 Å². The fraction of sp³-hybridized carbons (Fsp3) is 0.455. The van der Waals surface area contributed by atoms with Gasteiger partial charge in [-0.25, -0.2) is 8.78 Å². The van der Waals surface area contributed by atoms with Crippen molar-refractivity contribution in [2.45, 2.75) is 25.9 Å². The molecule has 0 aliphatic rings. The van der Waals surface area contributed by atoms with Crippen molar-refractivity contribution in [1.29, 1.82) is 0 Å². The molecule has 6 heteroatoms. The monoisotopic (exact) mass is 254 g/mol. The van der Waals surface area contributed by atoms with Crippen LogP contribution >= 0.6 is 0 Å². The maximum absolute atomic E-state index is 13.3. The second-order valence-electron chi connectivity index (χ2n) is 3.87. The standard InChI is InChI=1S/C11H11F5O/c1-6(2)7-3-8(12)10(9(13)4-7)17-5-11(14,15)16/h3-4,6H,5H2,1-2H3. The van der Waals surface area contributed by atoms with Crippen molar-refractivity contribution in [3.05, 3.63) is 29.3 Å². The molecule has 0 bridgehead atoms. The van der Waals surface area contributed by atoms with Gasteiger partial charge >= 0.3 is 6.18 Å². The van der Waals surface area contributed by atoms with Crippen LogP contribution in [0.5, 0.6) is 5.75 Å². The third-order valence-corrected chi connectivity index (χ3v) is 2.07. The van der Waals surface area contributed by atoms with Crippen LogP contribution in [0.1, 0.15) is 25.3 Å². The van der Waals surface area contributed by atoms with Crippen molar-refractivity contribution < 1.29 is 26.7 Å². The van der Waals surface area contributed by atoms with E-state index in [-0.39, 0.29) is 5.92 Å². The van der Waals surface area contributed by atoms with Gasteiger partial charge in [-0.15, -0.1) is 0 Å². The van der Waals surface area contributed by atoms with Crippen molar-refractivity contribution in [1.82, 2.24) is 0 Å². The lowest BCUT2D eigenvalue weighted by atomic mass is 10.0. The van der Waals surface area contributed by atoms with Gasteiger partial charge in [-0.1, -0.05) is 13.8 Å². The van der Waals surface area contributed by atoms with Gasteiger partial charge in [-0.05, 0) is 23.6 Å². The average Bonchev–Trinajstić information content (AvgIpc) is 2.14. The SMILES string of the molecule is CC(C)c1cc(F)c(OCC(F)(F)F)c(F)c1. The van der Waals surface area contributed by atoms with Crippen LogP contribution in [0, 0.1) is 11.6 Å². The summed E-state index contributed by atoms with van der Waals surface area (Å²) in [5, 5.41) is 0. The first-order chi connectivity index (χ1) is 7.70. The Morgan fingerprint density at radius 1 is 1.12 bits per heavy atom. The van der Waals surface area contributed by atoms with Crippen LogP contribution in [-0.2, 0) is 0 Å². The first kappa shape index (κ1) is 13.7. The van der Waals surface area contributed by atoms with Gasteiger partial charge < -0.3 is 4.74 Å². The van der Waals surface area contributed by atoms with Crippen molar-refractivity contribution in [3.8, 4) is 5.75 Å². The molecule has 17 heavy (non-hydrogen) atoms. The Morgan fingerprint density at radius 2 is 1.59 bits per heavy atom. The summed E-state index contributed by atoms with van der Waals surface area (Å²) >= 11 is 0. The molecule has 1 nitrogen and oxygen atoms in total. The molecule has 0 radical (unpaired) electrons. The third kappa shape index (κ3) is 3.87. The summed E-state index contributed by atoms with van der Waals surface area (Å²) in [6, 6.07) is 1.94. The van der Waals surface area contributed by atoms with Crippen molar-refractivity contribution >= 4 is 0 Å². The Bertz CT molecular complexity index is 374. The fourth-order valence-corrected chi connectivity index (χ4v) is 1.20. The number of rotatable bonds is 3. The minimum absolute atomic E-state index is 0.129. The third-order valence-electron chi connectivity index (χ3n) is 2.07. The van der Waals surface area contributed by atoms with Crippen LogP contribution in [0.15, 0.2) is 12.1 Å². The summed E-state index contributed by atoms with van der Waals surface area (Å²) in [5.74, 6) is -3.38. The smallest absolute Gasteiger partial charge is 0.422 e. The summed E-state index contributed by atoms with van der Waals surface area (Å²) in [6.45, 7) is 1.71. The normalized spacial score (nSPS) is 12.0. The summed E-state index contributed by atoms with van der Waals surface area (Å²) < 4.78 is 66.2. The second-order valence-corrected chi connectivity index (χ2v) is 3.87. The number of hydrogen-bond donors (Lipinski definition) is 0. The lowest BCUT2D eigenvalue weighted by molar-refractivity contribution is -0.154. The Labute approximate surface area is 95.2 Å². The largest absolute Gasteiger partial charge is 0.478 e. The van der Waals surface area contributed by atoms with E-state index in [1.54, 1.807) is 13.8 Å². The maximum Gasteiger partial charge on any atom is 0.422 e. The molecule has 0 amide bonds. The average molecular weight is 254 g/mol. The highest BCUT2D eigenvalue weighted by Crippen LogP contribution is 2.28. The van der Waals surface area contributed by atoms with Crippen molar-refractivity contribution in [3.63, 3.8) is 0 Å². The van der Waals surface area contributed by atoms with E-state index in [1.165, 1.54) is 0 Å². The molecule has 0 N–H and O–H groups in total. The highest BCUT2D eigenvalue weighted by Gasteiger charge is 2.29. The number of ether oxygens (including phenoxy) is 1. The molecule has 0 unspecified atom stereocenters. The fourth-order valence-electron chi connectivity index (χ4n) is 1.20. The van der Waals surface area contributed by atoms with Gasteiger partial charge in [0.05, 0.1) is 0 Å². The van der Waals surface area contributed by atoms with Gasteiger partial charge in [0, 0.05) is 0 Å². The molecule has 1 rings (SSSR count). The van der Waals surface area contributed by atoms with Gasteiger partial charge in [0.1, 0.15) is 0 Å². The molecule has 0 aliphatic carbocycles. The molecule has 96 valence electrons. The van der Waals surface area contributed by atoms with Gasteiger partial charge in [0.15, 0.2) is 24.0 Å². The minimum Gasteiger partial charge on any atom is -0.478 e. The first-order valence-electron chi connectivity index (χ1n) is 4.89. The lowest BCUT2D eigenvalue weighted by Crippen LogP contribution is -2.20. The Kier molecular flexibility index (Phi) is 3.95. The second kappa shape index (κ2) is 4.89. The van der Waals surface area contributed by atoms with E-state index in [9.17, 15) is 22.0 Å². The highest BCUT2D eigenvalue weighted by atomic mass is 19.4. The summed E-state index contributed by atoms with van der Waals surface area (Å²) in [4.78, 5) is 0. The number of alkyl halides is 3. The van der Waals surface area contributed by atoms with E-state index >= 15 is 0 Å². The number of hydrogen-bond acceptors (Lipinski definition) is 1. The van der Waals surface area contributed by atoms with Crippen molar-refractivity contribution in [2.24, 2.45) is 0 Å². The van der Waals surface area contributed by atoms with Crippen LogP contribution in [-0.4, -0.2) is 12.8 Å². The molecule has 0 heterocycles. The lowest BCUT2D eigenvalue weighted by Gasteiger charge is -2.13. The van der Waals surface area contributed by atoms with E-state index in [4.69, 9.17) is 0 Å². The van der Waals surface area contributed by atoms with Crippen LogP contribution < -0.4 is 4.74 Å². The van der Waals surface area contributed by atoms with Crippen LogP contribution in [0.25, 0.3) is 0 Å². The molecule has 0 aliphatic heterocycles. The molecule has 0 saturated carbocycles. The summed E-state index contributed by atoms with van der Waals surface area (Å²) in [7, 11) is 0. The highest BCUT2D eigenvalue weighted by molar-refractivity contribution is 5.32. The van der Waals surface area contributed by atoms with E-state index in [0.29, 0.717) is 5.56 Å². The predicted octanol–water partition coefficient (Wildman–Crippen LogP) is 4.03. The van der Waals surface area contributed by atoms with Gasteiger partial charge in [-0.3, -0.25) is 0 Å². The molecule has 0 saturated heterocycles. The first-order valence-corrected chi connectivity index (χ1v) is 4.89. The predicted molar refractivity (Wildman–Crippen MR) is 52.0 cm³/mol. The topological polar surface area (TPSA) is 9.23 Å². The zero-order chi connectivity index (χ0) is 13.2. The summed E-state index contributed by atoms with van der Waals surface area (Å²) in [6.07, 6.45) is -4.63. The molecular weight excluding hydrogens is 243 g/mol. The quantitative estimate of drug-likeness (QED) is 0.740. The van der Waals surface area contributed by atoms with Crippen molar-refractivity contribution in [2.75, 3.05) is 6.61 Å². The van der Waals surface area contributed by atoms with Gasteiger partial charge in [0.25, 0.3) is 0 Å². The Hall–Kier alpha value is -1.33. The zero-order valence-electron chi connectivity index (χ0n) is 9.24. The van der Waals surface area contributed by atoms with E-state index in [2.05, 4.69) is 4.74 Å². The maximum atomic E-state index is 13.3. The molecule has 0 atom stereocenters.